The Morgan fingerprint density at radius 1 is 1.04 bits per heavy atom. The molecule has 0 spiro atoms. The Balaban J connectivity index is 1.61. The summed E-state index contributed by atoms with van der Waals surface area (Å²) in [5.74, 6) is 0.885. The van der Waals surface area contributed by atoms with Gasteiger partial charge in [-0.05, 0) is 34.1 Å². The third-order valence-electron chi connectivity index (χ3n) is 3.69. The number of aromatic nitrogens is 5. The molecule has 6 heteroatoms. The molecule has 0 unspecified atom stereocenters. The van der Waals surface area contributed by atoms with Crippen LogP contribution in [0.25, 0.3) is 17.1 Å². The number of hydrogen-bond donors (Lipinski definition) is 0. The van der Waals surface area contributed by atoms with E-state index in [0.29, 0.717) is 6.54 Å². The fourth-order valence-electron chi connectivity index (χ4n) is 2.59. The lowest BCUT2D eigenvalue weighted by Crippen LogP contribution is -2.00. The van der Waals surface area contributed by atoms with E-state index < -0.39 is 0 Å². The molecule has 0 saturated carbocycles. The summed E-state index contributed by atoms with van der Waals surface area (Å²) in [5, 5.41) is 4.45. The molecule has 5 nitrogen and oxygen atoms in total. The summed E-state index contributed by atoms with van der Waals surface area (Å²) >= 11 is 3.46. The average molecular weight is 380 g/mol. The van der Waals surface area contributed by atoms with Crippen LogP contribution in [0.5, 0.6) is 0 Å². The van der Waals surface area contributed by atoms with E-state index in [1.807, 2.05) is 65.9 Å². The van der Waals surface area contributed by atoms with Crippen LogP contribution in [-0.2, 0) is 6.54 Å². The third kappa shape index (κ3) is 3.00. The molecule has 118 valence electrons. The van der Waals surface area contributed by atoms with Crippen molar-refractivity contribution < 1.29 is 0 Å². The summed E-state index contributed by atoms with van der Waals surface area (Å²) in [4.78, 5) is 8.68. The van der Waals surface area contributed by atoms with Crippen LogP contribution < -0.4 is 0 Å². The first-order chi connectivity index (χ1) is 11.8. The van der Waals surface area contributed by atoms with Crippen molar-refractivity contribution in [3.05, 3.63) is 83.6 Å². The number of pyridine rings is 1. The standard InChI is InChI=1S/C18H14BrN5/c19-16-8-15(10-20-11-16)18-21-6-7-23(18)12-14-9-22-24(13-14)17-4-2-1-3-5-17/h1-11,13H,12H2. The Hall–Kier alpha value is -2.73. The molecule has 24 heavy (non-hydrogen) atoms. The first-order valence-electron chi connectivity index (χ1n) is 7.50. The van der Waals surface area contributed by atoms with E-state index in [2.05, 4.69) is 35.6 Å². The highest BCUT2D eigenvalue weighted by atomic mass is 79.9. The van der Waals surface area contributed by atoms with Gasteiger partial charge in [0.05, 0.1) is 18.4 Å². The van der Waals surface area contributed by atoms with Crippen molar-refractivity contribution in [2.45, 2.75) is 6.54 Å². The lowest BCUT2D eigenvalue weighted by molar-refractivity contribution is 0.805. The van der Waals surface area contributed by atoms with Gasteiger partial charge in [-0.2, -0.15) is 5.10 Å². The largest absolute Gasteiger partial charge is 0.326 e. The van der Waals surface area contributed by atoms with E-state index in [1.165, 1.54) is 0 Å². The molecule has 4 rings (SSSR count). The molecule has 0 saturated heterocycles. The molecule has 0 aliphatic carbocycles. The normalized spacial score (nSPS) is 10.9. The molecule has 0 radical (unpaired) electrons. The number of imidazole rings is 1. The highest BCUT2D eigenvalue weighted by molar-refractivity contribution is 9.10. The second-order valence-corrected chi connectivity index (χ2v) is 6.31. The first-order valence-corrected chi connectivity index (χ1v) is 8.30. The predicted octanol–water partition coefficient (Wildman–Crippen LogP) is 3.94. The number of rotatable bonds is 4. The second kappa shape index (κ2) is 6.41. The molecule has 0 aliphatic heterocycles. The van der Waals surface area contributed by atoms with Gasteiger partial charge in [0, 0.05) is 46.6 Å². The second-order valence-electron chi connectivity index (χ2n) is 5.40. The fraction of sp³-hybridized carbons (Fsp3) is 0.0556. The lowest BCUT2D eigenvalue weighted by Gasteiger charge is -2.06. The van der Waals surface area contributed by atoms with E-state index in [9.17, 15) is 0 Å². The summed E-state index contributed by atoms with van der Waals surface area (Å²) in [6.07, 6.45) is 11.3. The zero-order chi connectivity index (χ0) is 16.4. The van der Waals surface area contributed by atoms with Gasteiger partial charge in [-0.25, -0.2) is 9.67 Å². The van der Waals surface area contributed by atoms with Crippen LogP contribution in [0.3, 0.4) is 0 Å². The lowest BCUT2D eigenvalue weighted by atomic mass is 10.2. The minimum atomic E-state index is 0.703. The number of hydrogen-bond acceptors (Lipinski definition) is 3. The molecule has 4 aromatic rings. The molecule has 0 fully saturated rings. The summed E-state index contributed by atoms with van der Waals surface area (Å²) in [6, 6.07) is 12.1. The molecule has 0 bridgehead atoms. The van der Waals surface area contributed by atoms with Gasteiger partial charge in [-0.1, -0.05) is 18.2 Å². The summed E-state index contributed by atoms with van der Waals surface area (Å²) in [5.41, 5.74) is 3.14. The Morgan fingerprint density at radius 3 is 2.75 bits per heavy atom. The molecule has 1 aromatic carbocycles. The molecular formula is C18H14BrN5. The Labute approximate surface area is 147 Å². The van der Waals surface area contributed by atoms with Crippen LogP contribution in [0.2, 0.25) is 0 Å². The van der Waals surface area contributed by atoms with Crippen LogP contribution in [0.1, 0.15) is 5.56 Å². The molecule has 3 aromatic heterocycles. The van der Waals surface area contributed by atoms with Gasteiger partial charge in [-0.15, -0.1) is 0 Å². The monoisotopic (exact) mass is 379 g/mol. The van der Waals surface area contributed by atoms with Crippen LogP contribution in [0, 0.1) is 0 Å². The quantitative estimate of drug-likeness (QED) is 0.539. The van der Waals surface area contributed by atoms with E-state index >= 15 is 0 Å². The van der Waals surface area contributed by atoms with E-state index in [4.69, 9.17) is 0 Å². The van der Waals surface area contributed by atoms with Crippen molar-refractivity contribution in [2.24, 2.45) is 0 Å². The van der Waals surface area contributed by atoms with Crippen molar-refractivity contribution in [1.29, 1.82) is 0 Å². The van der Waals surface area contributed by atoms with Crippen molar-refractivity contribution in [2.75, 3.05) is 0 Å². The maximum atomic E-state index is 4.46. The van der Waals surface area contributed by atoms with Gasteiger partial charge in [0.25, 0.3) is 0 Å². The molecule has 0 N–H and O–H groups in total. The highest BCUT2D eigenvalue weighted by Crippen LogP contribution is 2.21. The van der Waals surface area contributed by atoms with Gasteiger partial charge in [0.15, 0.2) is 0 Å². The van der Waals surface area contributed by atoms with E-state index in [-0.39, 0.29) is 0 Å². The SMILES string of the molecule is Brc1cncc(-c2nccn2Cc2cnn(-c3ccccc3)c2)c1. The summed E-state index contributed by atoms with van der Waals surface area (Å²) < 4.78 is 4.91. The van der Waals surface area contributed by atoms with Crippen LogP contribution in [0.4, 0.5) is 0 Å². The molecule has 0 atom stereocenters. The summed E-state index contributed by atoms with van der Waals surface area (Å²) in [6.45, 7) is 0.703. The maximum Gasteiger partial charge on any atom is 0.141 e. The van der Waals surface area contributed by atoms with E-state index in [0.717, 1.165) is 27.1 Å². The number of nitrogens with zero attached hydrogens (tertiary/aromatic N) is 5. The van der Waals surface area contributed by atoms with Gasteiger partial charge in [-0.3, -0.25) is 4.98 Å². The number of benzene rings is 1. The zero-order valence-electron chi connectivity index (χ0n) is 12.7. The average Bonchev–Trinajstić information content (AvgIpc) is 3.26. The van der Waals surface area contributed by atoms with Crippen LogP contribution in [-0.4, -0.2) is 24.3 Å². The van der Waals surface area contributed by atoms with Gasteiger partial charge < -0.3 is 4.57 Å². The maximum absolute atomic E-state index is 4.46. The fourth-order valence-corrected chi connectivity index (χ4v) is 2.96. The zero-order valence-corrected chi connectivity index (χ0v) is 14.3. The minimum absolute atomic E-state index is 0.703. The Bertz CT molecular complexity index is 958. The first kappa shape index (κ1) is 14.8. The predicted molar refractivity (Wildman–Crippen MR) is 95.8 cm³/mol. The highest BCUT2D eigenvalue weighted by Gasteiger charge is 2.09. The van der Waals surface area contributed by atoms with E-state index in [1.54, 1.807) is 12.4 Å². The summed E-state index contributed by atoms with van der Waals surface area (Å²) in [7, 11) is 0. The van der Waals surface area contributed by atoms with Crippen molar-refractivity contribution >= 4 is 15.9 Å². The minimum Gasteiger partial charge on any atom is -0.326 e. The van der Waals surface area contributed by atoms with Crippen molar-refractivity contribution in [1.82, 2.24) is 24.3 Å². The van der Waals surface area contributed by atoms with Gasteiger partial charge in [0.1, 0.15) is 5.82 Å². The van der Waals surface area contributed by atoms with Crippen LogP contribution in [0.15, 0.2) is 78.1 Å². The van der Waals surface area contributed by atoms with Crippen LogP contribution >= 0.6 is 15.9 Å². The molecule has 3 heterocycles. The Morgan fingerprint density at radius 2 is 1.92 bits per heavy atom. The molecule has 0 aliphatic rings. The van der Waals surface area contributed by atoms with Gasteiger partial charge >= 0.3 is 0 Å². The Kier molecular flexibility index (Phi) is 3.96. The number of halogens is 1. The topological polar surface area (TPSA) is 48.5 Å². The van der Waals surface area contributed by atoms with Crippen molar-refractivity contribution in [3.8, 4) is 17.1 Å². The molecular weight excluding hydrogens is 366 g/mol. The third-order valence-corrected chi connectivity index (χ3v) is 4.12. The number of para-hydroxylation sites is 1. The van der Waals surface area contributed by atoms with Crippen molar-refractivity contribution in [3.63, 3.8) is 0 Å². The van der Waals surface area contributed by atoms with Gasteiger partial charge in [0.2, 0.25) is 0 Å². The molecule has 0 amide bonds. The smallest absolute Gasteiger partial charge is 0.141 e.